The van der Waals surface area contributed by atoms with Gasteiger partial charge in [0.1, 0.15) is 0 Å². The van der Waals surface area contributed by atoms with E-state index in [1.165, 1.54) is 0 Å². The van der Waals surface area contributed by atoms with Gasteiger partial charge in [0.15, 0.2) is 0 Å². The van der Waals surface area contributed by atoms with Gasteiger partial charge in [-0.05, 0) is 0 Å². The molecule has 0 aliphatic carbocycles. The van der Waals surface area contributed by atoms with E-state index in [0.717, 1.165) is 0 Å². The van der Waals surface area contributed by atoms with Gasteiger partial charge in [0.25, 0.3) is 0 Å². The van der Waals surface area contributed by atoms with Gasteiger partial charge >= 0.3 is 37.7 Å². The number of hydrogen-bond acceptors (Lipinski definition) is 0. The molecular formula is H4CoFe2Li2MnNiO. The summed E-state index contributed by atoms with van der Waals surface area (Å²) in [6.07, 6.45) is 0. The quantitative estimate of drug-likeness (QED) is 0.398. The average molecular weight is 318 g/mol. The van der Waals surface area contributed by atoms with Crippen molar-refractivity contribution in [3.05, 3.63) is 0 Å². The molecule has 0 aliphatic heterocycles. The summed E-state index contributed by atoms with van der Waals surface area (Å²) in [5, 5.41) is 0. The van der Waals surface area contributed by atoms with Crippen molar-refractivity contribution in [1.82, 2.24) is 0 Å². The van der Waals surface area contributed by atoms with E-state index in [1.807, 2.05) is 0 Å². The van der Waals surface area contributed by atoms with E-state index in [0.29, 0.717) is 0 Å². The molecule has 0 fully saturated rings. The van der Waals surface area contributed by atoms with Gasteiger partial charge in [-0.2, -0.15) is 0 Å². The maximum Gasteiger partial charge on any atom is 1.00 e. The predicted octanol–water partition coefficient (Wildman–Crippen LogP) is -6.60. The second kappa shape index (κ2) is 73.3. The Kier molecular flexibility index (Phi) is 893. The Morgan fingerprint density at radius 2 is 0.875 bits per heavy atom. The SMILES string of the molecule is O.[Co].[Fe].[Fe].[H-].[H-].[Li+].[Li+].[Mn].[Ni]. The van der Waals surface area contributed by atoms with E-state index in [4.69, 9.17) is 0 Å². The summed E-state index contributed by atoms with van der Waals surface area (Å²) in [5.41, 5.74) is 0. The first-order valence-electron chi connectivity index (χ1n) is 0. The van der Waals surface area contributed by atoms with Crippen LogP contribution in [0.15, 0.2) is 0 Å². The van der Waals surface area contributed by atoms with E-state index in [-0.39, 0.29) is 131 Å². The molecule has 0 spiro atoms. The molecule has 2 radical (unpaired) electrons. The van der Waals surface area contributed by atoms with Crippen LogP contribution in [0.25, 0.3) is 0 Å². The van der Waals surface area contributed by atoms with E-state index < -0.39 is 0 Å². The molecule has 0 aliphatic rings. The fourth-order valence-electron chi connectivity index (χ4n) is 0. The molecule has 0 atom stereocenters. The van der Waals surface area contributed by atoms with Crippen LogP contribution in [0.5, 0.6) is 0 Å². The van der Waals surface area contributed by atoms with Crippen LogP contribution in [-0.2, 0) is 84.5 Å². The Morgan fingerprint density at radius 1 is 0.875 bits per heavy atom. The molecule has 0 heterocycles. The van der Waals surface area contributed by atoms with Gasteiger partial charge in [0.05, 0.1) is 0 Å². The molecule has 0 rings (SSSR count). The van der Waals surface area contributed by atoms with Crippen molar-refractivity contribution in [1.29, 1.82) is 0 Å². The first kappa shape index (κ1) is 97.5. The summed E-state index contributed by atoms with van der Waals surface area (Å²) in [7, 11) is 0. The van der Waals surface area contributed by atoms with Crippen LogP contribution in [0.2, 0.25) is 0 Å². The molecule has 0 aromatic carbocycles. The van der Waals surface area contributed by atoms with Gasteiger partial charge in [-0.1, -0.05) is 0 Å². The van der Waals surface area contributed by atoms with E-state index in [2.05, 4.69) is 0 Å². The molecular weight excluding hydrogens is 314 g/mol. The number of rotatable bonds is 0. The predicted molar refractivity (Wildman–Crippen MR) is 5.84 cm³/mol. The second-order valence-corrected chi connectivity index (χ2v) is 0. The summed E-state index contributed by atoms with van der Waals surface area (Å²) in [6, 6.07) is 0. The molecule has 2 N–H and O–H groups in total. The molecule has 0 saturated carbocycles. The van der Waals surface area contributed by atoms with Crippen LogP contribution in [-0.4, -0.2) is 5.48 Å². The minimum atomic E-state index is 0. The van der Waals surface area contributed by atoms with E-state index in [1.54, 1.807) is 0 Å². The minimum absolute atomic E-state index is 0. The van der Waals surface area contributed by atoms with Crippen LogP contribution in [0.3, 0.4) is 0 Å². The monoisotopic (exact) mass is 318 g/mol. The van der Waals surface area contributed by atoms with Gasteiger partial charge in [-0.15, -0.1) is 0 Å². The first-order valence-corrected chi connectivity index (χ1v) is 0. The summed E-state index contributed by atoms with van der Waals surface area (Å²) >= 11 is 0. The van der Waals surface area contributed by atoms with Gasteiger partial charge in [-0.25, -0.2) is 0 Å². The Morgan fingerprint density at radius 3 is 0.875 bits per heavy atom. The fraction of sp³-hybridized carbons (Fsp3) is 0. The average Bonchev–Trinajstić information content (AvgIpc) is 0. The van der Waals surface area contributed by atoms with Crippen molar-refractivity contribution in [2.45, 2.75) is 0 Å². The Labute approximate surface area is 129 Å². The fourth-order valence-corrected chi connectivity index (χ4v) is 0. The third kappa shape index (κ3) is 53.5. The molecule has 0 unspecified atom stereocenters. The van der Waals surface area contributed by atoms with Crippen LogP contribution < -0.4 is 37.7 Å². The van der Waals surface area contributed by atoms with Gasteiger partial charge < -0.3 is 8.33 Å². The van der Waals surface area contributed by atoms with Crippen LogP contribution in [0.1, 0.15) is 2.85 Å². The topological polar surface area (TPSA) is 31.5 Å². The zero-order chi connectivity index (χ0) is 0. The van der Waals surface area contributed by atoms with Crippen LogP contribution in [0.4, 0.5) is 0 Å². The molecule has 8 heteroatoms. The molecule has 0 saturated heterocycles. The third-order valence-corrected chi connectivity index (χ3v) is 0. The smallest absolute Gasteiger partial charge is 1.00 e. The van der Waals surface area contributed by atoms with Gasteiger partial charge in [0, 0.05) is 84.5 Å². The maximum atomic E-state index is 0. The van der Waals surface area contributed by atoms with Gasteiger partial charge in [0.2, 0.25) is 0 Å². The number of hydrogen-bond donors (Lipinski definition) is 0. The Bertz CT molecular complexity index is 27.2. The van der Waals surface area contributed by atoms with Gasteiger partial charge in [-0.3, -0.25) is 0 Å². The zero-order valence-electron chi connectivity index (χ0n) is 6.23. The van der Waals surface area contributed by atoms with E-state index >= 15 is 0 Å². The first-order chi connectivity index (χ1) is 0. The summed E-state index contributed by atoms with van der Waals surface area (Å²) in [4.78, 5) is 0. The van der Waals surface area contributed by atoms with Crippen molar-refractivity contribution < 1.29 is 131 Å². The van der Waals surface area contributed by atoms with Crippen LogP contribution in [0, 0.1) is 0 Å². The molecule has 8 heavy (non-hydrogen) atoms. The Balaban J connectivity index is 0. The van der Waals surface area contributed by atoms with Crippen molar-refractivity contribution in [3.63, 3.8) is 0 Å². The zero-order valence-corrected chi connectivity index (χ0v) is 9.65. The largest absolute Gasteiger partial charge is 1.00 e. The normalized spacial score (nSPS) is 0. The van der Waals surface area contributed by atoms with E-state index in [9.17, 15) is 0 Å². The molecule has 0 bridgehead atoms. The van der Waals surface area contributed by atoms with Crippen molar-refractivity contribution in [2.24, 2.45) is 0 Å². The van der Waals surface area contributed by atoms with Crippen molar-refractivity contribution in [2.75, 3.05) is 0 Å². The van der Waals surface area contributed by atoms with Crippen molar-refractivity contribution >= 4 is 0 Å². The van der Waals surface area contributed by atoms with Crippen LogP contribution >= 0.6 is 0 Å². The summed E-state index contributed by atoms with van der Waals surface area (Å²) in [5.74, 6) is 0. The Hall–Kier alpha value is 3.71. The molecule has 0 aromatic heterocycles. The summed E-state index contributed by atoms with van der Waals surface area (Å²) < 4.78 is 0. The third-order valence-electron chi connectivity index (χ3n) is 0. The maximum absolute atomic E-state index is 0. The van der Waals surface area contributed by atoms with Crippen molar-refractivity contribution in [3.8, 4) is 0 Å². The molecule has 0 amide bonds. The molecule has 1 nitrogen and oxygen atoms in total. The standard InChI is InChI=1S/Co.2Fe.2Li.Mn.Ni.H2O.2H/h;;;;;;;1H2;;/q;;;2*+1;;;;2*-1. The molecule has 54 valence electrons. The second-order valence-electron chi connectivity index (χ2n) is 0. The minimum Gasteiger partial charge on any atom is -1.00 e. The summed E-state index contributed by atoms with van der Waals surface area (Å²) in [6.45, 7) is 0. The molecule has 0 aromatic rings.